The second-order valence-corrected chi connectivity index (χ2v) is 10.5. The summed E-state index contributed by atoms with van der Waals surface area (Å²) in [5.41, 5.74) is 3.04. The third-order valence-electron chi connectivity index (χ3n) is 6.56. The molecule has 1 saturated heterocycles. The highest BCUT2D eigenvalue weighted by molar-refractivity contribution is 7.89. The number of benzene rings is 2. The van der Waals surface area contributed by atoms with E-state index in [9.17, 15) is 18.5 Å². The van der Waals surface area contributed by atoms with Crippen molar-refractivity contribution in [2.75, 3.05) is 20.2 Å². The molecule has 2 aliphatic heterocycles. The number of methoxy groups -OCH3 is 1. The van der Waals surface area contributed by atoms with E-state index in [1.165, 1.54) is 0 Å². The lowest BCUT2D eigenvalue weighted by molar-refractivity contribution is 0.187. The number of nitriles is 1. The Labute approximate surface area is 192 Å². The molecular weight excluding hydrogens is 438 g/mol. The Hall–Kier alpha value is -3.41. The molecule has 33 heavy (non-hydrogen) atoms. The van der Waals surface area contributed by atoms with E-state index in [1.54, 1.807) is 64.5 Å². The average Bonchev–Trinajstić information content (AvgIpc) is 2.84. The fourth-order valence-electron chi connectivity index (χ4n) is 5.06. The van der Waals surface area contributed by atoms with Gasteiger partial charge in [0.2, 0.25) is 10.0 Å². The fraction of sp³-hybridized carbons (Fsp3) is 0.280. The van der Waals surface area contributed by atoms with Gasteiger partial charge in [0.1, 0.15) is 5.75 Å². The molecule has 168 valence electrons. The highest BCUT2D eigenvalue weighted by Crippen LogP contribution is 2.41. The van der Waals surface area contributed by atoms with Crippen molar-refractivity contribution in [3.05, 3.63) is 82.3 Å². The van der Waals surface area contributed by atoms with Crippen LogP contribution in [0.5, 0.6) is 5.75 Å². The van der Waals surface area contributed by atoms with Crippen LogP contribution in [-0.4, -0.2) is 37.5 Å². The molecule has 0 N–H and O–H groups in total. The average molecular weight is 462 g/mol. The van der Waals surface area contributed by atoms with Crippen LogP contribution in [0.2, 0.25) is 0 Å². The van der Waals surface area contributed by atoms with Crippen LogP contribution in [0, 0.1) is 17.2 Å². The zero-order valence-electron chi connectivity index (χ0n) is 18.1. The maximum absolute atomic E-state index is 13.4. The Morgan fingerprint density at radius 1 is 1.03 bits per heavy atom. The van der Waals surface area contributed by atoms with Gasteiger partial charge in [-0.25, -0.2) is 8.42 Å². The molecule has 0 unspecified atom stereocenters. The van der Waals surface area contributed by atoms with Gasteiger partial charge >= 0.3 is 0 Å². The van der Waals surface area contributed by atoms with Gasteiger partial charge in [-0.05, 0) is 60.4 Å². The number of hydrogen-bond acceptors (Lipinski definition) is 5. The molecule has 2 atom stereocenters. The molecule has 5 rings (SSSR count). The molecule has 0 aliphatic carbocycles. The molecular formula is C25H23N3O4S. The number of ether oxygens (including phenoxy) is 1. The molecule has 0 spiro atoms. The van der Waals surface area contributed by atoms with Crippen LogP contribution in [0.15, 0.2) is 70.4 Å². The zero-order chi connectivity index (χ0) is 23.2. The molecule has 1 aromatic heterocycles. The molecule has 0 saturated carbocycles. The Balaban J connectivity index is 1.55. The van der Waals surface area contributed by atoms with Gasteiger partial charge in [-0.3, -0.25) is 4.79 Å². The Kier molecular flexibility index (Phi) is 5.31. The van der Waals surface area contributed by atoms with Crippen molar-refractivity contribution in [3.63, 3.8) is 0 Å². The first kappa shape index (κ1) is 21.4. The second kappa shape index (κ2) is 8.18. The van der Waals surface area contributed by atoms with E-state index in [-0.39, 0.29) is 22.3 Å². The fourth-order valence-corrected chi connectivity index (χ4v) is 6.63. The van der Waals surface area contributed by atoms with Crippen LogP contribution < -0.4 is 10.3 Å². The summed E-state index contributed by atoms with van der Waals surface area (Å²) in [5, 5.41) is 9.31. The normalized spacial score (nSPS) is 20.0. The standard InChI is InChI=1S/C25H23N3O4S/c1-32-21-5-7-22(8-6-21)33(30,31)27-14-18-12-20(16-27)25-23(9-10-24(29)28(25)15-18)19-4-2-3-17(11-19)13-26/h2-11,18,20H,12,14-16H2,1H3/t18-,20-/m1/s1. The van der Waals surface area contributed by atoms with Gasteiger partial charge in [0, 0.05) is 42.9 Å². The van der Waals surface area contributed by atoms with Crippen molar-refractivity contribution in [2.24, 2.45) is 5.92 Å². The highest BCUT2D eigenvalue weighted by atomic mass is 32.2. The van der Waals surface area contributed by atoms with Crippen LogP contribution in [-0.2, 0) is 16.6 Å². The van der Waals surface area contributed by atoms with Crippen molar-refractivity contribution < 1.29 is 13.2 Å². The second-order valence-electron chi connectivity index (χ2n) is 8.57. The Morgan fingerprint density at radius 3 is 2.55 bits per heavy atom. The van der Waals surface area contributed by atoms with Crippen LogP contribution in [0.3, 0.4) is 0 Å². The maximum Gasteiger partial charge on any atom is 0.250 e. The minimum absolute atomic E-state index is 0.0580. The molecule has 3 heterocycles. The maximum atomic E-state index is 13.4. The molecule has 3 aromatic rings. The van der Waals surface area contributed by atoms with Crippen LogP contribution in [0.25, 0.3) is 11.1 Å². The van der Waals surface area contributed by atoms with Crippen molar-refractivity contribution in [1.82, 2.24) is 8.87 Å². The summed E-state index contributed by atoms with van der Waals surface area (Å²) in [5.74, 6) is 0.546. The van der Waals surface area contributed by atoms with Gasteiger partial charge < -0.3 is 9.30 Å². The first-order chi connectivity index (χ1) is 15.9. The lowest BCUT2D eigenvalue weighted by Gasteiger charge is -2.42. The monoisotopic (exact) mass is 461 g/mol. The van der Waals surface area contributed by atoms with E-state index in [0.29, 0.717) is 30.9 Å². The summed E-state index contributed by atoms with van der Waals surface area (Å²) >= 11 is 0. The molecule has 2 aliphatic rings. The van der Waals surface area contributed by atoms with Crippen LogP contribution in [0.4, 0.5) is 0 Å². The van der Waals surface area contributed by atoms with E-state index < -0.39 is 10.0 Å². The van der Waals surface area contributed by atoms with Crippen molar-refractivity contribution in [2.45, 2.75) is 23.8 Å². The zero-order valence-corrected chi connectivity index (χ0v) is 19.0. The van der Waals surface area contributed by atoms with Crippen molar-refractivity contribution >= 4 is 10.0 Å². The summed E-state index contributed by atoms with van der Waals surface area (Å²) in [6.45, 7) is 1.16. The molecule has 8 heteroatoms. The van der Waals surface area contributed by atoms with E-state index >= 15 is 0 Å². The van der Waals surface area contributed by atoms with Crippen LogP contribution >= 0.6 is 0 Å². The number of rotatable bonds is 4. The minimum Gasteiger partial charge on any atom is -0.497 e. The quantitative estimate of drug-likeness (QED) is 0.595. The van der Waals surface area contributed by atoms with Gasteiger partial charge in [0.15, 0.2) is 0 Å². The molecule has 0 radical (unpaired) electrons. The predicted molar refractivity (Wildman–Crippen MR) is 123 cm³/mol. The van der Waals surface area contributed by atoms with Gasteiger partial charge in [-0.15, -0.1) is 0 Å². The van der Waals surface area contributed by atoms with Gasteiger partial charge in [0.05, 0.1) is 23.6 Å². The first-order valence-electron chi connectivity index (χ1n) is 10.8. The Morgan fingerprint density at radius 2 is 1.82 bits per heavy atom. The summed E-state index contributed by atoms with van der Waals surface area (Å²) in [4.78, 5) is 13.0. The predicted octanol–water partition coefficient (Wildman–Crippen LogP) is 3.20. The van der Waals surface area contributed by atoms with Crippen LogP contribution in [0.1, 0.15) is 23.6 Å². The number of fused-ring (bicyclic) bond motifs is 4. The molecule has 7 nitrogen and oxygen atoms in total. The summed E-state index contributed by atoms with van der Waals surface area (Å²) in [6.07, 6.45) is 0.822. The van der Waals surface area contributed by atoms with E-state index in [4.69, 9.17) is 4.74 Å². The Bertz CT molecular complexity index is 1420. The molecule has 2 bridgehead atoms. The van der Waals surface area contributed by atoms with E-state index in [0.717, 1.165) is 23.2 Å². The SMILES string of the molecule is COc1ccc(S(=O)(=O)N2C[C@H]3C[C@H](C2)c2c(-c4cccc(C#N)c4)ccc(=O)n2C3)cc1. The topological polar surface area (TPSA) is 92.4 Å². The number of nitrogens with zero attached hydrogens (tertiary/aromatic N) is 3. The number of piperidine rings is 1. The van der Waals surface area contributed by atoms with E-state index in [2.05, 4.69) is 6.07 Å². The van der Waals surface area contributed by atoms with Gasteiger partial charge in [-0.1, -0.05) is 12.1 Å². The first-order valence-corrected chi connectivity index (χ1v) is 12.2. The van der Waals surface area contributed by atoms with E-state index in [1.807, 2.05) is 12.1 Å². The number of pyridine rings is 1. The smallest absolute Gasteiger partial charge is 0.250 e. The third kappa shape index (κ3) is 3.73. The highest BCUT2D eigenvalue weighted by Gasteiger charge is 2.40. The molecule has 1 fully saturated rings. The van der Waals surface area contributed by atoms with Gasteiger partial charge in [0.25, 0.3) is 5.56 Å². The third-order valence-corrected chi connectivity index (χ3v) is 8.40. The number of sulfonamides is 1. The largest absolute Gasteiger partial charge is 0.497 e. The minimum atomic E-state index is -3.68. The number of aromatic nitrogens is 1. The summed E-state index contributed by atoms with van der Waals surface area (Å²) in [7, 11) is -2.14. The lowest BCUT2D eigenvalue weighted by Crippen LogP contribution is -2.49. The summed E-state index contributed by atoms with van der Waals surface area (Å²) in [6, 6.07) is 19.2. The molecule has 0 amide bonds. The number of hydrogen-bond donors (Lipinski definition) is 0. The van der Waals surface area contributed by atoms with Crippen molar-refractivity contribution in [3.8, 4) is 22.9 Å². The van der Waals surface area contributed by atoms with Crippen molar-refractivity contribution in [1.29, 1.82) is 5.26 Å². The molecule has 2 aromatic carbocycles. The lowest BCUT2D eigenvalue weighted by atomic mass is 9.81. The van der Waals surface area contributed by atoms with Gasteiger partial charge in [-0.2, -0.15) is 9.57 Å². The summed E-state index contributed by atoms with van der Waals surface area (Å²) < 4.78 is 35.3.